The third-order valence-corrected chi connectivity index (χ3v) is 1.98. The molecule has 0 saturated heterocycles. The number of aromatic nitrogens is 1. The lowest BCUT2D eigenvalue weighted by atomic mass is 10.3. The van der Waals surface area contributed by atoms with E-state index in [9.17, 15) is 14.0 Å². The summed E-state index contributed by atoms with van der Waals surface area (Å²) >= 11 is 5.48. The number of nitrogens with zero attached hydrogens (tertiary/aromatic N) is 1. The molecule has 0 radical (unpaired) electrons. The molecule has 0 aromatic carbocycles. The van der Waals surface area contributed by atoms with Crippen LogP contribution < -0.4 is 5.56 Å². The van der Waals surface area contributed by atoms with Gasteiger partial charge in [0.1, 0.15) is 5.15 Å². The summed E-state index contributed by atoms with van der Waals surface area (Å²) in [4.78, 5) is 21.3. The molecule has 0 aliphatic carbocycles. The van der Waals surface area contributed by atoms with Crippen molar-refractivity contribution in [2.24, 2.45) is 7.05 Å². The molecule has 6 heteroatoms. The van der Waals surface area contributed by atoms with E-state index in [1.54, 1.807) is 0 Å². The van der Waals surface area contributed by atoms with Gasteiger partial charge in [0.15, 0.2) is 5.82 Å². The number of hydrogen-bond acceptors (Lipinski definition) is 2. The molecule has 0 fully saturated rings. The lowest BCUT2D eigenvalue weighted by molar-refractivity contribution is 0.0695. The summed E-state index contributed by atoms with van der Waals surface area (Å²) in [6.07, 6.45) is 0. The van der Waals surface area contributed by atoms with Gasteiger partial charge in [0.25, 0.3) is 5.56 Å². The highest BCUT2D eigenvalue weighted by atomic mass is 35.5. The van der Waals surface area contributed by atoms with Crippen LogP contribution in [0.3, 0.4) is 0 Å². The van der Waals surface area contributed by atoms with Crippen LogP contribution in [0.4, 0.5) is 4.39 Å². The number of aromatic carboxylic acids is 1. The maximum Gasteiger partial charge on any atom is 0.338 e. The van der Waals surface area contributed by atoms with Crippen molar-refractivity contribution in [1.82, 2.24) is 4.57 Å². The molecule has 0 atom stereocenters. The number of pyridine rings is 1. The van der Waals surface area contributed by atoms with Gasteiger partial charge in [-0.2, -0.15) is 0 Å². The van der Waals surface area contributed by atoms with Gasteiger partial charge in [-0.15, -0.1) is 0 Å². The van der Waals surface area contributed by atoms with Crippen LogP contribution in [0, 0.1) is 5.82 Å². The molecule has 0 unspecified atom stereocenters. The lowest BCUT2D eigenvalue weighted by Crippen LogP contribution is -2.23. The van der Waals surface area contributed by atoms with Gasteiger partial charge in [-0.3, -0.25) is 9.36 Å². The monoisotopic (exact) mass is 205 g/mol. The first-order chi connectivity index (χ1) is 5.95. The maximum atomic E-state index is 12.7. The largest absolute Gasteiger partial charge is 0.478 e. The Morgan fingerprint density at radius 1 is 1.69 bits per heavy atom. The zero-order valence-corrected chi connectivity index (χ0v) is 7.30. The SMILES string of the molecule is Cn1c(Cl)c(C(=O)O)cc(F)c1=O. The van der Waals surface area contributed by atoms with Crippen molar-refractivity contribution in [2.75, 3.05) is 0 Å². The topological polar surface area (TPSA) is 59.3 Å². The highest BCUT2D eigenvalue weighted by molar-refractivity contribution is 6.32. The fourth-order valence-corrected chi connectivity index (χ4v) is 1.04. The lowest BCUT2D eigenvalue weighted by Gasteiger charge is -2.04. The standard InChI is InChI=1S/C7H5ClFNO3/c1-10-5(8)3(7(12)13)2-4(9)6(10)11/h2H,1H3,(H,12,13). The molecule has 70 valence electrons. The van der Waals surface area contributed by atoms with Gasteiger partial charge in [0, 0.05) is 7.05 Å². The van der Waals surface area contributed by atoms with E-state index >= 15 is 0 Å². The minimum Gasteiger partial charge on any atom is -0.478 e. The Morgan fingerprint density at radius 3 is 2.69 bits per heavy atom. The summed E-state index contributed by atoms with van der Waals surface area (Å²) in [5, 5.41) is 8.25. The van der Waals surface area contributed by atoms with Gasteiger partial charge >= 0.3 is 5.97 Å². The molecule has 4 nitrogen and oxygen atoms in total. The highest BCUT2D eigenvalue weighted by Gasteiger charge is 2.15. The van der Waals surface area contributed by atoms with Crippen LogP contribution in [0.1, 0.15) is 10.4 Å². The van der Waals surface area contributed by atoms with Crippen LogP contribution in [-0.4, -0.2) is 15.6 Å². The van der Waals surface area contributed by atoms with Crippen molar-refractivity contribution in [3.05, 3.63) is 33.0 Å². The number of carboxylic acid groups (broad SMARTS) is 1. The number of carbonyl (C=O) groups is 1. The molecule has 0 amide bonds. The van der Waals surface area contributed by atoms with E-state index < -0.39 is 22.9 Å². The zero-order chi connectivity index (χ0) is 10.2. The van der Waals surface area contributed by atoms with Crippen molar-refractivity contribution in [1.29, 1.82) is 0 Å². The number of rotatable bonds is 1. The summed E-state index contributed by atoms with van der Waals surface area (Å²) in [7, 11) is 1.19. The predicted molar refractivity (Wildman–Crippen MR) is 43.6 cm³/mol. The molecule has 0 spiro atoms. The van der Waals surface area contributed by atoms with Crippen LogP contribution in [0.25, 0.3) is 0 Å². The van der Waals surface area contributed by atoms with Crippen molar-refractivity contribution >= 4 is 17.6 Å². The Morgan fingerprint density at radius 2 is 2.23 bits per heavy atom. The smallest absolute Gasteiger partial charge is 0.338 e. The summed E-state index contributed by atoms with van der Waals surface area (Å²) in [5.41, 5.74) is -1.38. The zero-order valence-electron chi connectivity index (χ0n) is 6.54. The van der Waals surface area contributed by atoms with Crippen LogP contribution in [0.5, 0.6) is 0 Å². The minimum absolute atomic E-state index is 0.293. The van der Waals surface area contributed by atoms with Gasteiger partial charge in [-0.1, -0.05) is 11.6 Å². The second-order valence-corrected chi connectivity index (χ2v) is 2.72. The molecule has 13 heavy (non-hydrogen) atoms. The molecule has 1 heterocycles. The van der Waals surface area contributed by atoms with Crippen molar-refractivity contribution in [3.63, 3.8) is 0 Å². The first kappa shape index (κ1) is 9.73. The van der Waals surface area contributed by atoms with Crippen LogP contribution >= 0.6 is 11.6 Å². The molecule has 0 aliphatic heterocycles. The molecule has 1 N–H and O–H groups in total. The average molecular weight is 206 g/mol. The molecular weight excluding hydrogens is 201 g/mol. The average Bonchev–Trinajstić information content (AvgIpc) is 2.07. The van der Waals surface area contributed by atoms with Crippen molar-refractivity contribution < 1.29 is 14.3 Å². The van der Waals surface area contributed by atoms with E-state index in [4.69, 9.17) is 16.7 Å². The van der Waals surface area contributed by atoms with E-state index in [0.717, 1.165) is 4.57 Å². The molecule has 1 rings (SSSR count). The number of halogens is 2. The summed E-state index contributed by atoms with van der Waals surface area (Å²) < 4.78 is 13.5. The van der Waals surface area contributed by atoms with Crippen molar-refractivity contribution in [2.45, 2.75) is 0 Å². The van der Waals surface area contributed by atoms with E-state index in [2.05, 4.69) is 0 Å². The van der Waals surface area contributed by atoms with Gasteiger partial charge in [-0.05, 0) is 6.07 Å². The quantitative estimate of drug-likeness (QED) is 0.693. The van der Waals surface area contributed by atoms with Gasteiger partial charge in [0.05, 0.1) is 5.56 Å². The highest BCUT2D eigenvalue weighted by Crippen LogP contribution is 2.13. The summed E-state index contributed by atoms with van der Waals surface area (Å²) in [5.74, 6) is -2.51. The van der Waals surface area contributed by atoms with Crippen LogP contribution in [0.2, 0.25) is 5.15 Å². The fourth-order valence-electron chi connectivity index (χ4n) is 0.828. The molecule has 0 bridgehead atoms. The molecular formula is C7H5ClFNO3. The first-order valence-electron chi connectivity index (χ1n) is 3.23. The Hall–Kier alpha value is -1.36. The van der Waals surface area contributed by atoms with Crippen molar-refractivity contribution in [3.8, 4) is 0 Å². The Labute approximate surface area is 77.2 Å². The Bertz CT molecular complexity index is 426. The second kappa shape index (κ2) is 3.18. The number of hydrogen-bond donors (Lipinski definition) is 1. The molecule has 0 saturated carbocycles. The second-order valence-electron chi connectivity index (χ2n) is 2.37. The minimum atomic E-state index is -1.38. The molecule has 1 aromatic heterocycles. The third-order valence-electron chi connectivity index (χ3n) is 1.53. The maximum absolute atomic E-state index is 12.7. The summed E-state index contributed by atoms with van der Waals surface area (Å²) in [6.45, 7) is 0. The Kier molecular flexibility index (Phi) is 2.38. The van der Waals surface area contributed by atoms with E-state index in [0.29, 0.717) is 6.07 Å². The summed E-state index contributed by atoms with van der Waals surface area (Å²) in [6, 6.07) is 0.604. The van der Waals surface area contributed by atoms with E-state index in [-0.39, 0.29) is 5.15 Å². The molecule has 1 aromatic rings. The van der Waals surface area contributed by atoms with E-state index in [1.165, 1.54) is 7.05 Å². The normalized spacial score (nSPS) is 10.1. The van der Waals surface area contributed by atoms with Crippen LogP contribution in [-0.2, 0) is 7.05 Å². The first-order valence-corrected chi connectivity index (χ1v) is 3.61. The fraction of sp³-hybridized carbons (Fsp3) is 0.143. The van der Waals surface area contributed by atoms with Gasteiger partial charge in [-0.25, -0.2) is 9.18 Å². The third kappa shape index (κ3) is 1.55. The molecule has 0 aliphatic rings. The van der Waals surface area contributed by atoms with Gasteiger partial charge < -0.3 is 5.11 Å². The van der Waals surface area contributed by atoms with Gasteiger partial charge in [0.2, 0.25) is 0 Å². The van der Waals surface area contributed by atoms with Crippen LogP contribution in [0.15, 0.2) is 10.9 Å². The number of carboxylic acids is 1. The predicted octanol–water partition coefficient (Wildman–Crippen LogP) is 0.876. The Balaban J connectivity index is 3.60. The van der Waals surface area contributed by atoms with E-state index in [1.807, 2.05) is 0 Å².